The van der Waals surface area contributed by atoms with E-state index in [0.29, 0.717) is 0 Å². The van der Waals surface area contributed by atoms with E-state index < -0.39 is 23.6 Å². The van der Waals surface area contributed by atoms with Crippen LogP contribution >= 0.6 is 22.6 Å². The van der Waals surface area contributed by atoms with Gasteiger partial charge in [-0.2, -0.15) is 18.2 Å². The molecule has 14 heavy (non-hydrogen) atoms. The number of methoxy groups -OCH3 is 1. The number of aromatic nitrogens is 1. The van der Waals surface area contributed by atoms with Crippen molar-refractivity contribution in [2.45, 2.75) is 6.18 Å². The van der Waals surface area contributed by atoms with Gasteiger partial charge in [-0.15, -0.1) is 0 Å². The molecule has 0 spiro atoms. The van der Waals surface area contributed by atoms with Crippen molar-refractivity contribution in [1.29, 1.82) is 0 Å². The second-order valence-corrected chi connectivity index (χ2v) is 3.06. The number of carbonyl (C=O) groups is 1. The van der Waals surface area contributed by atoms with Crippen molar-refractivity contribution < 1.29 is 27.1 Å². The van der Waals surface area contributed by atoms with Crippen LogP contribution in [0.15, 0.2) is 4.42 Å². The van der Waals surface area contributed by atoms with E-state index >= 15 is 0 Å². The lowest BCUT2D eigenvalue weighted by molar-refractivity contribution is -0.154. The zero-order chi connectivity index (χ0) is 10.9. The van der Waals surface area contributed by atoms with Crippen LogP contribution in [0.2, 0.25) is 0 Å². The molecule has 1 rings (SSSR count). The molecule has 0 N–H and O–H groups in total. The van der Waals surface area contributed by atoms with Crippen LogP contribution < -0.4 is 0 Å². The van der Waals surface area contributed by atoms with E-state index in [0.717, 1.165) is 7.11 Å². The van der Waals surface area contributed by atoms with E-state index in [1.807, 2.05) is 0 Å². The van der Waals surface area contributed by atoms with Gasteiger partial charge in [0.2, 0.25) is 11.5 Å². The second kappa shape index (κ2) is 3.75. The Labute approximate surface area is 89.6 Å². The average Bonchev–Trinajstić information content (AvgIpc) is 2.45. The van der Waals surface area contributed by atoms with Crippen LogP contribution in [0, 0.1) is 3.90 Å². The normalized spacial score (nSPS) is 11.5. The van der Waals surface area contributed by atoms with Gasteiger partial charge in [0.1, 0.15) is 0 Å². The van der Waals surface area contributed by atoms with Crippen LogP contribution in [0.25, 0.3) is 0 Å². The molecule has 0 aliphatic carbocycles. The Morgan fingerprint density at radius 3 is 2.57 bits per heavy atom. The molecule has 4 nitrogen and oxygen atoms in total. The maximum Gasteiger partial charge on any atom is 0.452 e. The van der Waals surface area contributed by atoms with Crippen molar-refractivity contribution in [2.24, 2.45) is 0 Å². The van der Waals surface area contributed by atoms with Crippen molar-refractivity contribution in [3.8, 4) is 0 Å². The van der Waals surface area contributed by atoms with E-state index in [9.17, 15) is 18.0 Å². The van der Waals surface area contributed by atoms with Crippen LogP contribution in [0.1, 0.15) is 16.2 Å². The van der Waals surface area contributed by atoms with Crippen LogP contribution in [0.3, 0.4) is 0 Å². The number of alkyl halides is 3. The quantitative estimate of drug-likeness (QED) is 0.587. The van der Waals surface area contributed by atoms with Crippen LogP contribution in [-0.4, -0.2) is 18.1 Å². The van der Waals surface area contributed by atoms with E-state index in [1.165, 1.54) is 22.6 Å². The molecule has 0 radical (unpaired) electrons. The Morgan fingerprint density at radius 1 is 1.57 bits per heavy atom. The molecule has 8 heteroatoms. The summed E-state index contributed by atoms with van der Waals surface area (Å²) in [5, 5.41) is 0. The Bertz CT molecular complexity index is 360. The summed E-state index contributed by atoms with van der Waals surface area (Å²) in [5.74, 6) is -2.61. The third kappa shape index (κ3) is 2.16. The SMILES string of the molecule is COC(=O)c1nc(I)oc1C(F)(F)F. The number of esters is 1. The first-order chi connectivity index (χ1) is 6.36. The Hall–Kier alpha value is -0.800. The maximum absolute atomic E-state index is 12.2. The topological polar surface area (TPSA) is 52.3 Å². The van der Waals surface area contributed by atoms with E-state index in [4.69, 9.17) is 0 Å². The molecule has 0 aromatic carbocycles. The lowest BCUT2D eigenvalue weighted by Gasteiger charge is -2.02. The van der Waals surface area contributed by atoms with Crippen molar-refractivity contribution in [3.05, 3.63) is 15.4 Å². The number of hydrogen-bond acceptors (Lipinski definition) is 4. The van der Waals surface area contributed by atoms with E-state index in [2.05, 4.69) is 14.1 Å². The summed E-state index contributed by atoms with van der Waals surface area (Å²) in [5.41, 5.74) is -0.857. The van der Waals surface area contributed by atoms with Crippen molar-refractivity contribution in [3.63, 3.8) is 0 Å². The standard InChI is InChI=1S/C6H3F3INO3/c1-13-4(12)2-3(6(7,8)9)14-5(10)11-2/h1H3. The summed E-state index contributed by atoms with van der Waals surface area (Å²) >= 11 is 1.43. The van der Waals surface area contributed by atoms with Crippen molar-refractivity contribution in [2.75, 3.05) is 7.11 Å². The molecule has 0 atom stereocenters. The first-order valence-electron chi connectivity index (χ1n) is 3.18. The van der Waals surface area contributed by atoms with Gasteiger partial charge in [-0.05, 0) is 0 Å². The Morgan fingerprint density at radius 2 is 2.14 bits per heavy atom. The Kier molecular flexibility index (Phi) is 3.02. The molecule has 78 valence electrons. The number of nitrogens with zero attached hydrogens (tertiary/aromatic N) is 1. The fourth-order valence-electron chi connectivity index (χ4n) is 0.721. The Balaban J connectivity index is 3.23. The molecule has 0 bridgehead atoms. The lowest BCUT2D eigenvalue weighted by atomic mass is 10.3. The highest BCUT2D eigenvalue weighted by Gasteiger charge is 2.41. The molecule has 0 fully saturated rings. The fraction of sp³-hybridized carbons (Fsp3) is 0.333. The predicted molar refractivity (Wildman–Crippen MR) is 45.6 cm³/mol. The lowest BCUT2D eigenvalue weighted by Crippen LogP contribution is -2.12. The van der Waals surface area contributed by atoms with Gasteiger partial charge in [0.25, 0.3) is 3.90 Å². The third-order valence-corrected chi connectivity index (χ3v) is 1.70. The van der Waals surface area contributed by atoms with Gasteiger partial charge < -0.3 is 9.15 Å². The molecule has 0 saturated heterocycles. The molecule has 1 aromatic heterocycles. The second-order valence-electron chi connectivity index (χ2n) is 2.13. The summed E-state index contributed by atoms with van der Waals surface area (Å²) in [6, 6.07) is 0. The number of hydrogen-bond donors (Lipinski definition) is 0. The van der Waals surface area contributed by atoms with Crippen LogP contribution in [0.4, 0.5) is 13.2 Å². The van der Waals surface area contributed by atoms with Gasteiger partial charge in [-0.1, -0.05) is 0 Å². The number of halogens is 4. The monoisotopic (exact) mass is 321 g/mol. The van der Waals surface area contributed by atoms with E-state index in [-0.39, 0.29) is 3.90 Å². The van der Waals surface area contributed by atoms with Crippen molar-refractivity contribution >= 4 is 28.6 Å². The predicted octanol–water partition coefficient (Wildman–Crippen LogP) is 2.08. The highest BCUT2D eigenvalue weighted by atomic mass is 127. The average molecular weight is 321 g/mol. The number of oxazole rings is 1. The van der Waals surface area contributed by atoms with Gasteiger partial charge in [-0.3, -0.25) is 0 Å². The largest absolute Gasteiger partial charge is 0.464 e. The summed E-state index contributed by atoms with van der Waals surface area (Å²) in [6.07, 6.45) is -4.75. The summed E-state index contributed by atoms with van der Waals surface area (Å²) in [7, 11) is 0.962. The van der Waals surface area contributed by atoms with E-state index in [1.54, 1.807) is 0 Å². The molecule has 0 aliphatic rings. The van der Waals surface area contributed by atoms with Gasteiger partial charge in [-0.25, -0.2) is 4.79 Å². The molecule has 1 heterocycles. The maximum atomic E-state index is 12.2. The zero-order valence-corrected chi connectivity index (χ0v) is 8.84. The minimum atomic E-state index is -4.75. The number of carbonyl (C=O) groups excluding carboxylic acids is 1. The third-order valence-electron chi connectivity index (χ3n) is 1.24. The van der Waals surface area contributed by atoms with Crippen LogP contribution in [0.5, 0.6) is 0 Å². The molecular formula is C6H3F3INO3. The van der Waals surface area contributed by atoms with Gasteiger partial charge in [0.05, 0.1) is 7.11 Å². The summed E-state index contributed by atoms with van der Waals surface area (Å²) in [4.78, 5) is 14.1. The smallest absolute Gasteiger partial charge is 0.452 e. The highest BCUT2D eigenvalue weighted by molar-refractivity contribution is 14.1. The molecule has 0 amide bonds. The molecule has 0 aliphatic heterocycles. The summed E-state index contributed by atoms with van der Waals surface area (Å²) < 4.78 is 44.7. The van der Waals surface area contributed by atoms with Crippen LogP contribution in [-0.2, 0) is 10.9 Å². The first-order valence-corrected chi connectivity index (χ1v) is 4.26. The minimum absolute atomic E-state index is 0.268. The summed E-state index contributed by atoms with van der Waals surface area (Å²) in [6.45, 7) is 0. The van der Waals surface area contributed by atoms with Gasteiger partial charge in [0.15, 0.2) is 0 Å². The molecule has 0 unspecified atom stereocenters. The minimum Gasteiger partial charge on any atom is -0.464 e. The molecular weight excluding hydrogens is 318 g/mol. The zero-order valence-electron chi connectivity index (χ0n) is 6.68. The fourth-order valence-corrected chi connectivity index (χ4v) is 1.18. The van der Waals surface area contributed by atoms with Crippen molar-refractivity contribution in [1.82, 2.24) is 4.98 Å². The highest BCUT2D eigenvalue weighted by Crippen LogP contribution is 2.33. The number of rotatable bonds is 1. The van der Waals surface area contributed by atoms with Gasteiger partial charge >= 0.3 is 12.1 Å². The van der Waals surface area contributed by atoms with Gasteiger partial charge in [0, 0.05) is 22.6 Å². The molecule has 0 saturated carbocycles. The molecule has 1 aromatic rings. The number of ether oxygens (including phenoxy) is 1. The first kappa shape index (κ1) is 11.3.